The number of hydrogen-bond acceptors (Lipinski definition) is 10. The molecule has 0 unspecified atom stereocenters. The van der Waals surface area contributed by atoms with Crippen molar-refractivity contribution in [2.45, 2.75) is 53.2 Å². The summed E-state index contributed by atoms with van der Waals surface area (Å²) in [6.07, 6.45) is 0.312. The maximum absolute atomic E-state index is 13.2. The Labute approximate surface area is 240 Å². The van der Waals surface area contributed by atoms with Crippen molar-refractivity contribution in [2.24, 2.45) is 11.8 Å². The Kier molecular flexibility index (Phi) is 8.89. The second-order valence-corrected chi connectivity index (χ2v) is 10.00. The maximum Gasteiger partial charge on any atom is 0.333 e. The van der Waals surface area contributed by atoms with E-state index in [0.717, 1.165) is 0 Å². The zero-order chi connectivity index (χ0) is 30.0. The molecule has 0 N–H and O–H groups in total. The molecule has 10 heteroatoms. The quantitative estimate of drug-likeness (QED) is 0.279. The fourth-order valence-corrected chi connectivity index (χ4v) is 5.38. The molecule has 0 saturated heterocycles. The van der Waals surface area contributed by atoms with Gasteiger partial charge in [0.2, 0.25) is 18.3 Å². The van der Waals surface area contributed by atoms with E-state index in [1.165, 1.54) is 28.4 Å². The van der Waals surface area contributed by atoms with Gasteiger partial charge in [-0.15, -0.1) is 0 Å². The number of fused-ring (bicyclic) bond motifs is 4. The Morgan fingerprint density at radius 1 is 0.854 bits per heavy atom. The topological polar surface area (TPSA) is 108 Å². The minimum atomic E-state index is -0.804. The van der Waals surface area contributed by atoms with Gasteiger partial charge in [-0.3, -0.25) is 4.79 Å². The van der Waals surface area contributed by atoms with Gasteiger partial charge >= 0.3 is 11.9 Å². The highest BCUT2D eigenvalue weighted by molar-refractivity contribution is 5.91. The van der Waals surface area contributed by atoms with E-state index >= 15 is 0 Å². The van der Waals surface area contributed by atoms with E-state index in [0.29, 0.717) is 62.3 Å². The van der Waals surface area contributed by atoms with Crippen LogP contribution in [0.5, 0.6) is 34.5 Å². The van der Waals surface area contributed by atoms with E-state index in [1.807, 2.05) is 19.9 Å². The summed E-state index contributed by atoms with van der Waals surface area (Å²) >= 11 is 0. The van der Waals surface area contributed by atoms with Gasteiger partial charge in [0, 0.05) is 46.1 Å². The first-order valence-electron chi connectivity index (χ1n) is 13.5. The number of ether oxygens (including phenoxy) is 8. The zero-order valence-electron chi connectivity index (χ0n) is 25.0. The van der Waals surface area contributed by atoms with Crippen LogP contribution in [0.4, 0.5) is 0 Å². The number of hydrogen-bond donors (Lipinski definition) is 0. The average molecular weight is 571 g/mol. The standard InChI is InChI=1S/C31H38O10/c1-10-15(3)31(33)41-26-17(5)16(4)25(40-22(32)11-2)19-13-21-28(39-14-38-21)30(37-9)24(19)23-18(26)12-20(34-6)27(35-7)29(23)36-8/h10,12-13,16-17,25-26H,11,14H2,1-9H3/b15-10-/t16-,17-,25-,26-/m1/s1. The fraction of sp³-hybridized carbons (Fsp3) is 0.484. The first-order chi connectivity index (χ1) is 19.7. The molecule has 0 saturated carbocycles. The van der Waals surface area contributed by atoms with Crippen LogP contribution in [0, 0.1) is 11.8 Å². The zero-order valence-corrected chi connectivity index (χ0v) is 25.0. The van der Waals surface area contributed by atoms with Crippen molar-refractivity contribution < 1.29 is 47.5 Å². The lowest BCUT2D eigenvalue weighted by molar-refractivity contribution is -0.158. The van der Waals surface area contributed by atoms with Gasteiger partial charge in [0.05, 0.1) is 28.4 Å². The van der Waals surface area contributed by atoms with Gasteiger partial charge in [0.25, 0.3) is 0 Å². The molecule has 4 rings (SSSR count). The van der Waals surface area contributed by atoms with Gasteiger partial charge in [0.15, 0.2) is 23.0 Å². The maximum atomic E-state index is 13.2. The molecule has 4 atom stereocenters. The molecule has 0 spiro atoms. The lowest BCUT2D eigenvalue weighted by Crippen LogP contribution is -2.31. The number of carbonyl (C=O) groups is 2. The van der Waals surface area contributed by atoms with Crippen molar-refractivity contribution in [1.29, 1.82) is 0 Å². The third-order valence-electron chi connectivity index (χ3n) is 7.90. The minimum absolute atomic E-state index is 0.00124. The third kappa shape index (κ3) is 5.11. The highest BCUT2D eigenvalue weighted by Crippen LogP contribution is 2.60. The van der Waals surface area contributed by atoms with E-state index in [4.69, 9.17) is 37.9 Å². The van der Waals surface area contributed by atoms with Gasteiger partial charge in [-0.1, -0.05) is 26.8 Å². The van der Waals surface area contributed by atoms with Gasteiger partial charge in [-0.2, -0.15) is 0 Å². The van der Waals surface area contributed by atoms with Crippen LogP contribution in [0.3, 0.4) is 0 Å². The third-order valence-corrected chi connectivity index (χ3v) is 7.90. The predicted octanol–water partition coefficient (Wildman–Crippen LogP) is 5.95. The summed E-state index contributed by atoms with van der Waals surface area (Å²) < 4.78 is 47.3. The number of benzene rings is 2. The molecule has 41 heavy (non-hydrogen) atoms. The smallest absolute Gasteiger partial charge is 0.333 e. The second kappa shape index (κ2) is 12.2. The summed E-state index contributed by atoms with van der Waals surface area (Å²) in [5, 5.41) is 0. The molecule has 1 aliphatic heterocycles. The molecule has 2 aromatic carbocycles. The predicted molar refractivity (Wildman–Crippen MR) is 150 cm³/mol. The van der Waals surface area contributed by atoms with Gasteiger partial charge < -0.3 is 37.9 Å². The summed E-state index contributed by atoms with van der Waals surface area (Å²) in [5.41, 5.74) is 2.77. The monoisotopic (exact) mass is 570 g/mol. The molecule has 2 aromatic rings. The molecule has 1 aliphatic carbocycles. The second-order valence-electron chi connectivity index (χ2n) is 10.00. The minimum Gasteiger partial charge on any atom is -0.493 e. The first-order valence-corrected chi connectivity index (χ1v) is 13.5. The fourth-order valence-electron chi connectivity index (χ4n) is 5.38. The molecule has 0 fully saturated rings. The van der Waals surface area contributed by atoms with Crippen molar-refractivity contribution in [2.75, 3.05) is 35.2 Å². The van der Waals surface area contributed by atoms with E-state index in [1.54, 1.807) is 32.9 Å². The van der Waals surface area contributed by atoms with Crippen molar-refractivity contribution in [3.63, 3.8) is 0 Å². The normalized spacial score (nSPS) is 21.0. The highest BCUT2D eigenvalue weighted by atomic mass is 16.7. The summed E-state index contributed by atoms with van der Waals surface area (Å²) in [4.78, 5) is 26.0. The summed E-state index contributed by atoms with van der Waals surface area (Å²) in [6, 6.07) is 3.60. The highest BCUT2D eigenvalue weighted by Gasteiger charge is 2.44. The number of rotatable bonds is 8. The van der Waals surface area contributed by atoms with Crippen LogP contribution >= 0.6 is 0 Å². The Hall–Kier alpha value is -4.08. The van der Waals surface area contributed by atoms with E-state index in [9.17, 15) is 9.59 Å². The van der Waals surface area contributed by atoms with Crippen LogP contribution in [0.1, 0.15) is 64.4 Å². The van der Waals surface area contributed by atoms with E-state index in [2.05, 4.69) is 0 Å². The molecule has 1 heterocycles. The van der Waals surface area contributed by atoms with Crippen molar-refractivity contribution in [3.05, 3.63) is 34.9 Å². The first kappa shape index (κ1) is 29.9. The Morgan fingerprint density at radius 2 is 1.44 bits per heavy atom. The molecule has 0 amide bonds. The molecule has 2 aliphatic rings. The van der Waals surface area contributed by atoms with Crippen LogP contribution in [-0.4, -0.2) is 47.2 Å². The lowest BCUT2D eigenvalue weighted by atomic mass is 9.74. The van der Waals surface area contributed by atoms with Gasteiger partial charge in [-0.05, 0) is 26.0 Å². The van der Waals surface area contributed by atoms with Crippen LogP contribution < -0.4 is 28.4 Å². The molecule has 0 radical (unpaired) electrons. The SMILES string of the molecule is C/C=C(/C)C(=O)O[C@H]1c2cc(OC)c(OC)c(OC)c2-c2c(cc3c(c2OC)OCO3)[C@H](OC(=O)CC)[C@H](C)[C@H]1C. The van der Waals surface area contributed by atoms with Crippen LogP contribution in [-0.2, 0) is 19.1 Å². The van der Waals surface area contributed by atoms with Gasteiger partial charge in [-0.25, -0.2) is 4.79 Å². The summed E-state index contributed by atoms with van der Waals surface area (Å²) in [6.45, 7) is 9.13. The lowest BCUT2D eigenvalue weighted by Gasteiger charge is -2.39. The molecular formula is C31H38O10. The van der Waals surface area contributed by atoms with Crippen LogP contribution in [0.2, 0.25) is 0 Å². The largest absolute Gasteiger partial charge is 0.493 e. The number of allylic oxidation sites excluding steroid dienone is 1. The molecule has 0 aromatic heterocycles. The Bertz CT molecular complexity index is 1360. The summed E-state index contributed by atoms with van der Waals surface area (Å²) in [7, 11) is 6.07. The van der Waals surface area contributed by atoms with Crippen LogP contribution in [0.25, 0.3) is 11.1 Å². The van der Waals surface area contributed by atoms with Crippen molar-refractivity contribution >= 4 is 11.9 Å². The van der Waals surface area contributed by atoms with Crippen LogP contribution in [0.15, 0.2) is 23.8 Å². The van der Waals surface area contributed by atoms with Gasteiger partial charge in [0.1, 0.15) is 12.2 Å². The Morgan fingerprint density at radius 3 is 2.00 bits per heavy atom. The molecule has 222 valence electrons. The van der Waals surface area contributed by atoms with E-state index in [-0.39, 0.29) is 31.0 Å². The number of esters is 2. The number of carbonyl (C=O) groups excluding carboxylic acids is 2. The molecule has 10 nitrogen and oxygen atoms in total. The average Bonchev–Trinajstić information content (AvgIpc) is 3.47. The molecule has 0 bridgehead atoms. The van der Waals surface area contributed by atoms with Crippen molar-refractivity contribution in [1.82, 2.24) is 0 Å². The van der Waals surface area contributed by atoms with Crippen molar-refractivity contribution in [3.8, 4) is 45.6 Å². The number of methoxy groups -OCH3 is 4. The molecular weight excluding hydrogens is 532 g/mol. The summed E-state index contributed by atoms with van der Waals surface area (Å²) in [5.74, 6) is 0.740. The van der Waals surface area contributed by atoms with E-state index < -0.39 is 18.2 Å². The Balaban J connectivity index is 2.20.